The lowest BCUT2D eigenvalue weighted by atomic mass is 10.1. The molecule has 3 rings (SSSR count). The van der Waals surface area contributed by atoms with E-state index in [1.54, 1.807) is 4.90 Å². The average molecular weight is 295 g/mol. The van der Waals surface area contributed by atoms with E-state index < -0.39 is 11.6 Å². The SMILES string of the molecule is O=C(Cc1c(F)cccc1F)N1CCN(C2CNC2)CC1. The molecule has 2 heterocycles. The molecule has 2 aliphatic heterocycles. The van der Waals surface area contributed by atoms with Crippen molar-refractivity contribution < 1.29 is 13.6 Å². The molecule has 0 saturated carbocycles. The van der Waals surface area contributed by atoms with Crippen LogP contribution in [-0.2, 0) is 11.2 Å². The number of hydrogen-bond acceptors (Lipinski definition) is 3. The van der Waals surface area contributed by atoms with Gasteiger partial charge in [-0.05, 0) is 12.1 Å². The highest BCUT2D eigenvalue weighted by Crippen LogP contribution is 2.15. The minimum Gasteiger partial charge on any atom is -0.340 e. The van der Waals surface area contributed by atoms with Gasteiger partial charge < -0.3 is 10.2 Å². The number of halogens is 2. The van der Waals surface area contributed by atoms with Gasteiger partial charge in [0.25, 0.3) is 0 Å². The fourth-order valence-electron chi connectivity index (χ4n) is 2.83. The second kappa shape index (κ2) is 6.07. The van der Waals surface area contributed by atoms with E-state index in [2.05, 4.69) is 10.2 Å². The lowest BCUT2D eigenvalue weighted by molar-refractivity contribution is -0.132. The minimum atomic E-state index is -0.650. The molecule has 0 unspecified atom stereocenters. The molecule has 114 valence electrons. The fourth-order valence-corrected chi connectivity index (χ4v) is 2.83. The topological polar surface area (TPSA) is 35.6 Å². The summed E-state index contributed by atoms with van der Waals surface area (Å²) in [7, 11) is 0. The van der Waals surface area contributed by atoms with Crippen LogP contribution in [0.15, 0.2) is 18.2 Å². The lowest BCUT2D eigenvalue weighted by Gasteiger charge is -2.43. The van der Waals surface area contributed by atoms with Crippen LogP contribution in [0.4, 0.5) is 8.78 Å². The normalized spacial score (nSPS) is 20.4. The van der Waals surface area contributed by atoms with Gasteiger partial charge >= 0.3 is 0 Å². The number of amides is 1. The van der Waals surface area contributed by atoms with Crippen molar-refractivity contribution in [1.82, 2.24) is 15.1 Å². The van der Waals surface area contributed by atoms with Crippen LogP contribution in [0, 0.1) is 11.6 Å². The second-order valence-electron chi connectivity index (χ2n) is 5.61. The van der Waals surface area contributed by atoms with Crippen LogP contribution in [0.1, 0.15) is 5.56 Å². The van der Waals surface area contributed by atoms with Gasteiger partial charge in [0.1, 0.15) is 11.6 Å². The van der Waals surface area contributed by atoms with E-state index in [1.165, 1.54) is 18.2 Å². The Labute approximate surface area is 122 Å². The maximum atomic E-state index is 13.6. The smallest absolute Gasteiger partial charge is 0.227 e. The molecule has 1 amide bonds. The van der Waals surface area contributed by atoms with E-state index in [0.29, 0.717) is 19.1 Å². The van der Waals surface area contributed by atoms with Crippen molar-refractivity contribution in [1.29, 1.82) is 0 Å². The summed E-state index contributed by atoms with van der Waals surface area (Å²) in [6, 6.07) is 4.26. The molecule has 0 bridgehead atoms. The number of rotatable bonds is 3. The summed E-state index contributed by atoms with van der Waals surface area (Å²) in [6.45, 7) is 4.94. The van der Waals surface area contributed by atoms with E-state index in [-0.39, 0.29) is 17.9 Å². The second-order valence-corrected chi connectivity index (χ2v) is 5.61. The van der Waals surface area contributed by atoms with Crippen molar-refractivity contribution in [2.75, 3.05) is 39.3 Å². The number of nitrogens with one attached hydrogen (secondary N) is 1. The Bertz CT molecular complexity index is 505. The van der Waals surface area contributed by atoms with E-state index in [4.69, 9.17) is 0 Å². The van der Waals surface area contributed by atoms with Crippen molar-refractivity contribution in [3.8, 4) is 0 Å². The quantitative estimate of drug-likeness (QED) is 0.888. The highest BCUT2D eigenvalue weighted by atomic mass is 19.1. The number of hydrogen-bond donors (Lipinski definition) is 1. The Hall–Kier alpha value is -1.53. The highest BCUT2D eigenvalue weighted by molar-refractivity contribution is 5.79. The minimum absolute atomic E-state index is 0.131. The van der Waals surface area contributed by atoms with Crippen LogP contribution in [-0.4, -0.2) is 61.0 Å². The Morgan fingerprint density at radius 2 is 1.76 bits per heavy atom. The molecule has 2 saturated heterocycles. The number of carbonyl (C=O) groups is 1. The van der Waals surface area contributed by atoms with Gasteiger partial charge in [-0.1, -0.05) is 6.07 Å². The third kappa shape index (κ3) is 3.06. The summed E-state index contributed by atoms with van der Waals surface area (Å²) < 4.78 is 27.1. The highest BCUT2D eigenvalue weighted by Gasteiger charge is 2.29. The zero-order valence-electron chi connectivity index (χ0n) is 11.8. The molecule has 0 radical (unpaired) electrons. The van der Waals surface area contributed by atoms with E-state index in [1.807, 2.05) is 0 Å². The summed E-state index contributed by atoms with van der Waals surface area (Å²) in [5.74, 6) is -1.50. The van der Waals surface area contributed by atoms with Crippen LogP contribution < -0.4 is 5.32 Å². The molecule has 0 aromatic heterocycles. The Morgan fingerprint density at radius 3 is 2.29 bits per heavy atom. The summed E-state index contributed by atoms with van der Waals surface area (Å²) in [6.07, 6.45) is -0.205. The maximum Gasteiger partial charge on any atom is 0.227 e. The van der Waals surface area contributed by atoms with Gasteiger partial charge in [-0.2, -0.15) is 0 Å². The maximum absolute atomic E-state index is 13.6. The predicted octanol–water partition coefficient (Wildman–Crippen LogP) is 0.623. The molecule has 4 nitrogen and oxygen atoms in total. The number of piperazine rings is 1. The van der Waals surface area contributed by atoms with Crippen molar-refractivity contribution in [2.24, 2.45) is 0 Å². The summed E-state index contributed by atoms with van der Waals surface area (Å²) in [4.78, 5) is 16.3. The molecule has 6 heteroatoms. The zero-order valence-corrected chi connectivity index (χ0v) is 11.8. The average Bonchev–Trinajstić information content (AvgIpc) is 2.42. The third-order valence-electron chi connectivity index (χ3n) is 4.33. The van der Waals surface area contributed by atoms with Crippen LogP contribution in [0.25, 0.3) is 0 Å². The number of benzene rings is 1. The summed E-state index contributed by atoms with van der Waals surface area (Å²) in [5.41, 5.74) is -0.131. The first-order valence-corrected chi connectivity index (χ1v) is 7.30. The first-order chi connectivity index (χ1) is 10.1. The molecule has 1 N–H and O–H groups in total. The van der Waals surface area contributed by atoms with E-state index >= 15 is 0 Å². The largest absolute Gasteiger partial charge is 0.340 e. The van der Waals surface area contributed by atoms with Crippen LogP contribution in [0.2, 0.25) is 0 Å². The molecule has 0 atom stereocenters. The monoisotopic (exact) mass is 295 g/mol. The fraction of sp³-hybridized carbons (Fsp3) is 0.533. The molecule has 0 spiro atoms. The van der Waals surface area contributed by atoms with Gasteiger partial charge in [-0.3, -0.25) is 9.69 Å². The zero-order chi connectivity index (χ0) is 14.8. The predicted molar refractivity (Wildman–Crippen MR) is 74.9 cm³/mol. The first kappa shape index (κ1) is 14.4. The van der Waals surface area contributed by atoms with Crippen molar-refractivity contribution >= 4 is 5.91 Å². The van der Waals surface area contributed by atoms with E-state index in [0.717, 1.165) is 26.2 Å². The van der Waals surface area contributed by atoms with E-state index in [9.17, 15) is 13.6 Å². The summed E-state index contributed by atoms with van der Waals surface area (Å²) in [5, 5.41) is 3.23. The van der Waals surface area contributed by atoms with Gasteiger partial charge in [0.2, 0.25) is 5.91 Å². The van der Waals surface area contributed by atoms with Gasteiger partial charge in [0.15, 0.2) is 0 Å². The molecule has 21 heavy (non-hydrogen) atoms. The molecule has 1 aromatic carbocycles. The first-order valence-electron chi connectivity index (χ1n) is 7.30. The molecule has 1 aromatic rings. The van der Waals surface area contributed by atoms with Crippen molar-refractivity contribution in [2.45, 2.75) is 12.5 Å². The van der Waals surface area contributed by atoms with Crippen LogP contribution in [0.3, 0.4) is 0 Å². The number of nitrogens with zero attached hydrogens (tertiary/aromatic N) is 2. The molecular weight excluding hydrogens is 276 g/mol. The van der Waals surface area contributed by atoms with Gasteiger partial charge in [0, 0.05) is 50.9 Å². The standard InChI is InChI=1S/C15H19F2N3O/c16-13-2-1-3-14(17)12(13)8-15(21)20-6-4-19(5-7-20)11-9-18-10-11/h1-3,11,18H,4-10H2. The Balaban J connectivity index is 1.56. The molecular formula is C15H19F2N3O. The van der Waals surface area contributed by atoms with Crippen molar-refractivity contribution in [3.05, 3.63) is 35.4 Å². The molecule has 0 aliphatic carbocycles. The number of carbonyl (C=O) groups excluding carboxylic acids is 1. The van der Waals surface area contributed by atoms with Gasteiger partial charge in [0.05, 0.1) is 6.42 Å². The summed E-state index contributed by atoms with van der Waals surface area (Å²) >= 11 is 0. The van der Waals surface area contributed by atoms with Gasteiger partial charge in [-0.15, -0.1) is 0 Å². The Kier molecular flexibility index (Phi) is 4.17. The molecule has 2 fully saturated rings. The van der Waals surface area contributed by atoms with Crippen molar-refractivity contribution in [3.63, 3.8) is 0 Å². The van der Waals surface area contributed by atoms with Crippen LogP contribution >= 0.6 is 0 Å². The Morgan fingerprint density at radius 1 is 1.14 bits per heavy atom. The third-order valence-corrected chi connectivity index (χ3v) is 4.33. The lowest BCUT2D eigenvalue weighted by Crippen LogP contribution is -2.62. The van der Waals surface area contributed by atoms with Crippen LogP contribution in [0.5, 0.6) is 0 Å². The van der Waals surface area contributed by atoms with Gasteiger partial charge in [-0.25, -0.2) is 8.78 Å². The molecule has 2 aliphatic rings.